The minimum absolute atomic E-state index is 0.268. The van der Waals surface area contributed by atoms with Crippen molar-refractivity contribution in [1.29, 1.82) is 0 Å². The van der Waals surface area contributed by atoms with Crippen molar-refractivity contribution in [3.63, 3.8) is 0 Å². The Labute approximate surface area is 86.0 Å². The van der Waals surface area contributed by atoms with Crippen LogP contribution >= 0.6 is 0 Å². The Hall–Kier alpha value is -2.17. The van der Waals surface area contributed by atoms with E-state index in [1.807, 2.05) is 0 Å². The second kappa shape index (κ2) is 3.53. The van der Waals surface area contributed by atoms with Crippen LogP contribution in [0.25, 0.3) is 5.69 Å². The highest BCUT2D eigenvalue weighted by molar-refractivity contribution is 5.90. The number of carboxylic acids is 1. The van der Waals surface area contributed by atoms with E-state index in [1.54, 1.807) is 37.5 Å². The molecule has 1 aromatic carbocycles. The lowest BCUT2D eigenvalue weighted by Crippen LogP contribution is -2.04. The van der Waals surface area contributed by atoms with Crippen LogP contribution in [-0.2, 0) is 0 Å². The van der Waals surface area contributed by atoms with E-state index >= 15 is 0 Å². The Bertz CT molecular complexity index is 491. The number of hydrogen-bond acceptors (Lipinski definition) is 3. The molecule has 1 N–H and O–H groups in total. The van der Waals surface area contributed by atoms with Gasteiger partial charge >= 0.3 is 5.97 Å². The first-order chi connectivity index (χ1) is 7.18. The van der Waals surface area contributed by atoms with Crippen molar-refractivity contribution < 1.29 is 9.90 Å². The maximum Gasteiger partial charge on any atom is 0.336 e. The van der Waals surface area contributed by atoms with E-state index in [4.69, 9.17) is 5.11 Å². The third-order valence-corrected chi connectivity index (χ3v) is 2.10. The summed E-state index contributed by atoms with van der Waals surface area (Å²) in [5, 5.41) is 16.8. The average Bonchev–Trinajstić information content (AvgIpc) is 2.71. The van der Waals surface area contributed by atoms with Crippen molar-refractivity contribution in [2.24, 2.45) is 0 Å². The molecule has 15 heavy (non-hydrogen) atoms. The molecule has 2 rings (SSSR count). The van der Waals surface area contributed by atoms with Gasteiger partial charge in [0.1, 0.15) is 0 Å². The van der Waals surface area contributed by atoms with E-state index in [1.165, 1.54) is 4.80 Å². The summed E-state index contributed by atoms with van der Waals surface area (Å²) in [4.78, 5) is 12.3. The number of hydrogen-bond donors (Lipinski definition) is 1. The van der Waals surface area contributed by atoms with Crippen LogP contribution in [-0.4, -0.2) is 26.1 Å². The van der Waals surface area contributed by atoms with E-state index < -0.39 is 5.97 Å². The van der Waals surface area contributed by atoms with Gasteiger partial charge in [0.05, 0.1) is 23.6 Å². The molecule has 0 aliphatic carbocycles. The molecule has 0 unspecified atom stereocenters. The van der Waals surface area contributed by atoms with Gasteiger partial charge in [-0.15, -0.1) is 0 Å². The number of aromatic nitrogens is 3. The zero-order valence-electron chi connectivity index (χ0n) is 8.08. The van der Waals surface area contributed by atoms with Gasteiger partial charge in [-0.2, -0.15) is 15.0 Å². The van der Waals surface area contributed by atoms with Crippen LogP contribution in [0, 0.1) is 6.92 Å². The highest BCUT2D eigenvalue weighted by Gasteiger charge is 2.08. The van der Waals surface area contributed by atoms with E-state index in [2.05, 4.69) is 10.2 Å². The molecule has 5 nitrogen and oxygen atoms in total. The molecule has 2 aromatic rings. The highest BCUT2D eigenvalue weighted by Crippen LogP contribution is 2.13. The topological polar surface area (TPSA) is 68.0 Å². The van der Waals surface area contributed by atoms with Crippen LogP contribution in [0.2, 0.25) is 0 Å². The lowest BCUT2D eigenvalue weighted by Gasteiger charge is -2.03. The quantitative estimate of drug-likeness (QED) is 0.798. The van der Waals surface area contributed by atoms with Gasteiger partial charge in [-0.3, -0.25) is 0 Å². The van der Waals surface area contributed by atoms with Crippen molar-refractivity contribution in [2.75, 3.05) is 0 Å². The van der Waals surface area contributed by atoms with Crippen LogP contribution in [0.3, 0.4) is 0 Å². The van der Waals surface area contributed by atoms with Gasteiger partial charge in [-0.05, 0) is 24.6 Å². The summed E-state index contributed by atoms with van der Waals surface area (Å²) in [7, 11) is 0. The Balaban J connectivity index is 2.52. The number of nitrogens with zero attached hydrogens (tertiary/aromatic N) is 3. The van der Waals surface area contributed by atoms with E-state index in [0.29, 0.717) is 5.69 Å². The number of carbonyl (C=O) groups is 1. The molecule has 0 amide bonds. The third-order valence-electron chi connectivity index (χ3n) is 2.10. The molecule has 76 valence electrons. The molecular formula is C10H9N3O2. The summed E-state index contributed by atoms with van der Waals surface area (Å²) in [6.07, 6.45) is 3.08. The first kappa shape index (κ1) is 9.39. The second-order valence-corrected chi connectivity index (χ2v) is 3.12. The number of rotatable bonds is 2. The number of benzene rings is 1. The third kappa shape index (κ3) is 1.71. The molecule has 0 atom stereocenters. The maximum absolute atomic E-state index is 10.9. The summed E-state index contributed by atoms with van der Waals surface area (Å²) in [5.74, 6) is -0.943. The normalized spacial score (nSPS) is 10.2. The monoisotopic (exact) mass is 203 g/mol. The van der Waals surface area contributed by atoms with Gasteiger partial charge in [-0.1, -0.05) is 6.07 Å². The minimum Gasteiger partial charge on any atom is -0.478 e. The lowest BCUT2D eigenvalue weighted by molar-refractivity contribution is 0.0696. The zero-order valence-corrected chi connectivity index (χ0v) is 8.08. The van der Waals surface area contributed by atoms with Crippen LogP contribution in [0.1, 0.15) is 15.9 Å². The summed E-state index contributed by atoms with van der Waals surface area (Å²) in [6, 6.07) is 5.07. The van der Waals surface area contributed by atoms with Crippen molar-refractivity contribution in [3.05, 3.63) is 41.7 Å². The number of aromatic carboxylic acids is 1. The lowest BCUT2D eigenvalue weighted by atomic mass is 10.1. The van der Waals surface area contributed by atoms with Crippen molar-refractivity contribution in [1.82, 2.24) is 15.0 Å². The van der Waals surface area contributed by atoms with Gasteiger partial charge in [0, 0.05) is 0 Å². The van der Waals surface area contributed by atoms with Gasteiger partial charge in [-0.25, -0.2) is 4.79 Å². The largest absolute Gasteiger partial charge is 0.478 e. The molecule has 1 heterocycles. The van der Waals surface area contributed by atoms with Crippen molar-refractivity contribution in [3.8, 4) is 5.69 Å². The Morgan fingerprint density at radius 3 is 2.60 bits per heavy atom. The molecule has 0 fully saturated rings. The highest BCUT2D eigenvalue weighted by atomic mass is 16.4. The summed E-state index contributed by atoms with van der Waals surface area (Å²) in [5.41, 5.74) is 1.63. The average molecular weight is 203 g/mol. The minimum atomic E-state index is -0.943. The predicted molar refractivity (Wildman–Crippen MR) is 53.1 cm³/mol. The predicted octanol–water partition coefficient (Wildman–Crippen LogP) is 1.27. The molecule has 1 aromatic heterocycles. The van der Waals surface area contributed by atoms with Crippen LogP contribution in [0.4, 0.5) is 0 Å². The molecule has 0 saturated heterocycles. The van der Waals surface area contributed by atoms with E-state index in [9.17, 15) is 4.79 Å². The molecule has 5 heteroatoms. The van der Waals surface area contributed by atoms with Gasteiger partial charge in [0.2, 0.25) is 0 Å². The second-order valence-electron chi connectivity index (χ2n) is 3.12. The number of carboxylic acid groups (broad SMARTS) is 1. The van der Waals surface area contributed by atoms with Crippen LogP contribution in [0.5, 0.6) is 0 Å². The Morgan fingerprint density at radius 2 is 2.00 bits per heavy atom. The first-order valence-electron chi connectivity index (χ1n) is 4.39. The molecule has 0 bridgehead atoms. The summed E-state index contributed by atoms with van der Waals surface area (Å²) in [6.45, 7) is 1.75. The fourth-order valence-corrected chi connectivity index (χ4v) is 1.31. The Kier molecular flexibility index (Phi) is 2.21. The van der Waals surface area contributed by atoms with Crippen LogP contribution < -0.4 is 0 Å². The molecule has 0 spiro atoms. The summed E-state index contributed by atoms with van der Waals surface area (Å²) < 4.78 is 0. The fraction of sp³-hybridized carbons (Fsp3) is 0.100. The maximum atomic E-state index is 10.9. The van der Waals surface area contributed by atoms with E-state index in [0.717, 1.165) is 5.56 Å². The zero-order chi connectivity index (χ0) is 10.8. The Morgan fingerprint density at radius 1 is 1.33 bits per heavy atom. The summed E-state index contributed by atoms with van der Waals surface area (Å²) >= 11 is 0. The van der Waals surface area contributed by atoms with Crippen molar-refractivity contribution in [2.45, 2.75) is 6.92 Å². The van der Waals surface area contributed by atoms with E-state index in [-0.39, 0.29) is 5.56 Å². The molecule has 0 radical (unpaired) electrons. The fourth-order valence-electron chi connectivity index (χ4n) is 1.31. The van der Waals surface area contributed by atoms with Crippen molar-refractivity contribution >= 4 is 5.97 Å². The molecular weight excluding hydrogens is 194 g/mol. The first-order valence-corrected chi connectivity index (χ1v) is 4.39. The van der Waals surface area contributed by atoms with Gasteiger partial charge in [0.25, 0.3) is 0 Å². The number of aryl methyl sites for hydroxylation is 1. The van der Waals surface area contributed by atoms with Crippen LogP contribution in [0.15, 0.2) is 30.6 Å². The molecule has 0 aliphatic rings. The van der Waals surface area contributed by atoms with Gasteiger partial charge in [0.15, 0.2) is 0 Å². The molecule has 0 aliphatic heterocycles. The van der Waals surface area contributed by atoms with Gasteiger partial charge < -0.3 is 5.11 Å². The SMILES string of the molecule is Cc1ccc(-n2nccn2)cc1C(=O)O. The standard InChI is InChI=1S/C10H9N3O2/c1-7-2-3-8(6-9(7)10(14)15)13-11-4-5-12-13/h2-6H,1H3,(H,14,15). The smallest absolute Gasteiger partial charge is 0.336 e. The molecule has 0 saturated carbocycles.